The van der Waals surface area contributed by atoms with E-state index in [1.807, 2.05) is 6.07 Å². The van der Waals surface area contributed by atoms with Gasteiger partial charge in [-0.15, -0.1) is 0 Å². The number of likely N-dealkylation sites (tertiary alicyclic amines) is 1. The summed E-state index contributed by atoms with van der Waals surface area (Å²) >= 11 is 0. The second-order valence-electron chi connectivity index (χ2n) is 7.23. The Hall–Kier alpha value is -2.14. The van der Waals surface area contributed by atoms with Crippen LogP contribution in [-0.4, -0.2) is 41.1 Å². The molecule has 0 amide bonds. The van der Waals surface area contributed by atoms with Crippen LogP contribution in [0.2, 0.25) is 0 Å². The minimum absolute atomic E-state index is 0.386. The summed E-state index contributed by atoms with van der Waals surface area (Å²) in [5, 5.41) is 0. The zero-order chi connectivity index (χ0) is 17.1. The van der Waals surface area contributed by atoms with Gasteiger partial charge in [0.2, 0.25) is 5.95 Å². The van der Waals surface area contributed by atoms with Crippen LogP contribution in [0.25, 0.3) is 0 Å². The maximum Gasteiger partial charge on any atom is 0.220 e. The monoisotopic (exact) mass is 338 g/mol. The molecule has 0 spiro atoms. The van der Waals surface area contributed by atoms with Crippen LogP contribution in [0.4, 0.5) is 5.95 Å². The van der Waals surface area contributed by atoms with Gasteiger partial charge in [0.25, 0.3) is 0 Å². The van der Waals surface area contributed by atoms with Crippen LogP contribution in [0.15, 0.2) is 36.5 Å². The molecule has 2 aromatic rings. The number of benzene rings is 1. The lowest BCUT2D eigenvalue weighted by molar-refractivity contribution is 0.171. The number of anilines is 1. The number of hydrogen-bond donors (Lipinski definition) is 1. The number of hydrogen-bond acceptors (Lipinski definition) is 5. The molecule has 0 radical (unpaired) electrons. The second kappa shape index (κ2) is 7.40. The van der Waals surface area contributed by atoms with Crippen molar-refractivity contribution in [3.05, 3.63) is 47.8 Å². The highest BCUT2D eigenvalue weighted by Crippen LogP contribution is 2.30. The standard InChI is InChI=1S/C20H26N4O/c21-20-22-9-5-18(23-20)16-6-10-24(11-7-16)14-15-8-12-25-19-4-2-1-3-17(19)13-15/h1-5,9,15-16H,6-8,10-14H2,(H2,21,22,23)/t15-/m0/s1. The number of para-hydroxylation sites is 1. The molecule has 2 aliphatic heterocycles. The highest BCUT2D eigenvalue weighted by molar-refractivity contribution is 5.34. The van der Waals surface area contributed by atoms with Crippen molar-refractivity contribution in [2.45, 2.75) is 31.6 Å². The molecular formula is C20H26N4O. The van der Waals surface area contributed by atoms with Crippen molar-refractivity contribution in [2.75, 3.05) is 32.0 Å². The average Bonchev–Trinajstić information content (AvgIpc) is 2.84. The van der Waals surface area contributed by atoms with Crippen LogP contribution in [0.1, 0.15) is 36.4 Å². The van der Waals surface area contributed by atoms with E-state index in [4.69, 9.17) is 10.5 Å². The van der Waals surface area contributed by atoms with Gasteiger partial charge in [-0.3, -0.25) is 0 Å². The van der Waals surface area contributed by atoms with E-state index in [1.54, 1.807) is 6.20 Å². The van der Waals surface area contributed by atoms with Crippen molar-refractivity contribution in [3.8, 4) is 5.75 Å². The summed E-state index contributed by atoms with van der Waals surface area (Å²) < 4.78 is 5.91. The molecule has 5 nitrogen and oxygen atoms in total. The minimum atomic E-state index is 0.386. The molecule has 1 aromatic carbocycles. The maximum absolute atomic E-state index is 5.91. The molecule has 1 aromatic heterocycles. The molecule has 1 saturated heterocycles. The smallest absolute Gasteiger partial charge is 0.220 e. The number of nitrogen functional groups attached to an aromatic ring is 1. The van der Waals surface area contributed by atoms with Gasteiger partial charge in [-0.25, -0.2) is 9.97 Å². The van der Waals surface area contributed by atoms with Gasteiger partial charge < -0.3 is 15.4 Å². The van der Waals surface area contributed by atoms with Gasteiger partial charge in [0.15, 0.2) is 0 Å². The fourth-order valence-corrected chi connectivity index (χ4v) is 4.11. The molecule has 4 rings (SSSR count). The van der Waals surface area contributed by atoms with Crippen molar-refractivity contribution in [3.63, 3.8) is 0 Å². The van der Waals surface area contributed by atoms with Gasteiger partial charge in [0.05, 0.1) is 6.61 Å². The van der Waals surface area contributed by atoms with Gasteiger partial charge in [0, 0.05) is 24.4 Å². The normalized spacial score (nSPS) is 22.0. The van der Waals surface area contributed by atoms with E-state index in [-0.39, 0.29) is 0 Å². The van der Waals surface area contributed by atoms with E-state index in [9.17, 15) is 0 Å². The van der Waals surface area contributed by atoms with Crippen molar-refractivity contribution in [2.24, 2.45) is 5.92 Å². The summed E-state index contributed by atoms with van der Waals surface area (Å²) in [4.78, 5) is 11.0. The SMILES string of the molecule is Nc1nccc(C2CCN(C[C@H]3CCOc4ccccc4C3)CC2)n1. The van der Waals surface area contributed by atoms with Crippen LogP contribution in [0.3, 0.4) is 0 Å². The van der Waals surface area contributed by atoms with E-state index in [1.165, 1.54) is 5.56 Å². The number of piperidine rings is 1. The highest BCUT2D eigenvalue weighted by atomic mass is 16.5. The van der Waals surface area contributed by atoms with Crippen LogP contribution in [0, 0.1) is 5.92 Å². The Kier molecular flexibility index (Phi) is 4.83. The number of fused-ring (bicyclic) bond motifs is 1. The van der Waals surface area contributed by atoms with Gasteiger partial charge >= 0.3 is 0 Å². The zero-order valence-electron chi connectivity index (χ0n) is 14.6. The number of rotatable bonds is 3. The van der Waals surface area contributed by atoms with E-state index in [0.717, 1.165) is 63.4 Å². The topological polar surface area (TPSA) is 64.3 Å². The molecular weight excluding hydrogens is 312 g/mol. The van der Waals surface area contributed by atoms with Crippen molar-refractivity contribution in [1.29, 1.82) is 0 Å². The molecule has 1 fully saturated rings. The van der Waals surface area contributed by atoms with Crippen molar-refractivity contribution < 1.29 is 4.74 Å². The Balaban J connectivity index is 1.33. The predicted octanol–water partition coefficient (Wildman–Crippen LogP) is 2.88. The Bertz CT molecular complexity index is 712. The molecule has 1 atom stereocenters. The molecule has 2 N–H and O–H groups in total. The summed E-state index contributed by atoms with van der Waals surface area (Å²) in [5.41, 5.74) is 8.18. The number of nitrogens with two attached hydrogens (primary N) is 1. The molecule has 132 valence electrons. The first-order chi connectivity index (χ1) is 12.3. The summed E-state index contributed by atoms with van der Waals surface area (Å²) in [6.45, 7) is 4.26. The van der Waals surface area contributed by atoms with E-state index < -0.39 is 0 Å². The third-order valence-electron chi connectivity index (χ3n) is 5.48. The third-order valence-corrected chi connectivity index (χ3v) is 5.48. The number of nitrogens with zero attached hydrogens (tertiary/aromatic N) is 3. The molecule has 25 heavy (non-hydrogen) atoms. The van der Waals surface area contributed by atoms with E-state index >= 15 is 0 Å². The maximum atomic E-state index is 5.91. The fraction of sp³-hybridized carbons (Fsp3) is 0.500. The molecule has 5 heteroatoms. The minimum Gasteiger partial charge on any atom is -0.493 e. The van der Waals surface area contributed by atoms with Gasteiger partial charge in [-0.1, -0.05) is 18.2 Å². The quantitative estimate of drug-likeness (QED) is 0.932. The van der Waals surface area contributed by atoms with Crippen LogP contribution in [0.5, 0.6) is 5.75 Å². The van der Waals surface area contributed by atoms with Crippen LogP contribution >= 0.6 is 0 Å². The molecule has 0 bridgehead atoms. The lowest BCUT2D eigenvalue weighted by Gasteiger charge is -2.33. The summed E-state index contributed by atoms with van der Waals surface area (Å²) in [6.07, 6.45) is 6.33. The Morgan fingerprint density at radius 3 is 2.80 bits per heavy atom. The zero-order valence-corrected chi connectivity index (χ0v) is 14.6. The molecule has 0 saturated carbocycles. The molecule has 0 unspecified atom stereocenters. The lowest BCUT2D eigenvalue weighted by atomic mass is 9.91. The summed E-state index contributed by atoms with van der Waals surface area (Å²) in [7, 11) is 0. The fourth-order valence-electron chi connectivity index (χ4n) is 4.11. The van der Waals surface area contributed by atoms with Gasteiger partial charge in [0.1, 0.15) is 5.75 Å². The molecule has 0 aliphatic carbocycles. The molecule has 3 heterocycles. The Morgan fingerprint density at radius 1 is 1.12 bits per heavy atom. The lowest BCUT2D eigenvalue weighted by Crippen LogP contribution is -2.37. The Morgan fingerprint density at radius 2 is 1.96 bits per heavy atom. The summed E-state index contributed by atoms with van der Waals surface area (Å²) in [5.74, 6) is 2.65. The van der Waals surface area contributed by atoms with Crippen molar-refractivity contribution in [1.82, 2.24) is 14.9 Å². The largest absolute Gasteiger partial charge is 0.493 e. The number of aromatic nitrogens is 2. The van der Waals surface area contributed by atoms with Gasteiger partial charge in [-0.05, 0) is 62.4 Å². The third kappa shape index (κ3) is 3.93. The summed E-state index contributed by atoms with van der Waals surface area (Å²) in [6, 6.07) is 10.5. The Labute approximate surface area is 149 Å². The molecule has 2 aliphatic rings. The van der Waals surface area contributed by atoms with Gasteiger partial charge in [-0.2, -0.15) is 0 Å². The van der Waals surface area contributed by atoms with E-state index in [0.29, 0.717) is 17.8 Å². The second-order valence-corrected chi connectivity index (χ2v) is 7.23. The van der Waals surface area contributed by atoms with Crippen molar-refractivity contribution >= 4 is 5.95 Å². The first-order valence-electron chi connectivity index (χ1n) is 9.29. The van der Waals surface area contributed by atoms with E-state index in [2.05, 4.69) is 39.1 Å². The highest BCUT2D eigenvalue weighted by Gasteiger charge is 2.25. The van der Waals surface area contributed by atoms with Crippen LogP contribution < -0.4 is 10.5 Å². The average molecular weight is 338 g/mol. The first-order valence-corrected chi connectivity index (χ1v) is 9.29. The van der Waals surface area contributed by atoms with Crippen LogP contribution in [-0.2, 0) is 6.42 Å². The first kappa shape index (κ1) is 16.3. The number of ether oxygens (including phenoxy) is 1. The predicted molar refractivity (Wildman–Crippen MR) is 98.6 cm³/mol.